The zero-order valence-corrected chi connectivity index (χ0v) is 13.9. The molecular weight excluding hydrogens is 268 g/mol. The average Bonchev–Trinajstić information content (AvgIpc) is 2.88. The van der Waals surface area contributed by atoms with Crippen molar-refractivity contribution >= 4 is 11.9 Å². The number of rotatable bonds is 4. The Hall–Kier alpha value is -1.06. The Morgan fingerprint density at radius 3 is 2.00 bits per heavy atom. The van der Waals surface area contributed by atoms with Crippen molar-refractivity contribution in [3.05, 3.63) is 0 Å². The minimum atomic E-state index is 0.00866. The molecule has 0 saturated carbocycles. The van der Waals surface area contributed by atoms with Crippen LogP contribution in [0, 0.1) is 23.7 Å². The fraction of sp³-hybridized carbons (Fsp3) is 0.882. The predicted octanol–water partition coefficient (Wildman–Crippen LogP) is 3.58. The van der Waals surface area contributed by atoms with E-state index in [1.54, 1.807) is 0 Å². The average molecular weight is 298 g/mol. The monoisotopic (exact) mass is 298 g/mol. The first-order valence-corrected chi connectivity index (χ1v) is 8.40. The Kier molecular flexibility index (Phi) is 7.76. The van der Waals surface area contributed by atoms with Crippen LogP contribution in [0.4, 0.5) is 0 Å². The van der Waals surface area contributed by atoms with Gasteiger partial charge < -0.3 is 9.47 Å². The Morgan fingerprint density at radius 2 is 1.52 bits per heavy atom. The molecule has 122 valence electrons. The lowest BCUT2D eigenvalue weighted by Crippen LogP contribution is -2.29. The van der Waals surface area contributed by atoms with Gasteiger partial charge in [0.25, 0.3) is 0 Å². The fourth-order valence-corrected chi connectivity index (χ4v) is 3.01. The Bertz CT molecular complexity index is 340. The summed E-state index contributed by atoms with van der Waals surface area (Å²) in [6.07, 6.45) is 5.08. The topological polar surface area (TPSA) is 52.6 Å². The van der Waals surface area contributed by atoms with Gasteiger partial charge >= 0.3 is 11.9 Å². The Morgan fingerprint density at radius 1 is 0.857 bits per heavy atom. The highest BCUT2D eigenvalue weighted by Crippen LogP contribution is 2.27. The molecule has 4 unspecified atom stereocenters. The van der Waals surface area contributed by atoms with Gasteiger partial charge in [0.1, 0.15) is 0 Å². The largest absolute Gasteiger partial charge is 0.465 e. The molecule has 0 spiro atoms. The highest BCUT2D eigenvalue weighted by molar-refractivity contribution is 5.74. The first-order chi connectivity index (χ1) is 10.1. The number of hydrogen-bond donors (Lipinski definition) is 0. The Balaban J connectivity index is 0.000000211. The highest BCUT2D eigenvalue weighted by Gasteiger charge is 2.33. The van der Waals surface area contributed by atoms with Gasteiger partial charge in [0.05, 0.1) is 25.0 Å². The standard InChI is InChI=1S/C9H16O2.C8H14O2/c1-3-7-5-8(4-2)9(10)11-6-7;1-3-6-5-10-8(9)7(6)4-2/h7-8H,3-6H2,1-2H3;6-7H,3-5H2,1-2H3. The van der Waals surface area contributed by atoms with Crippen molar-refractivity contribution in [2.75, 3.05) is 13.2 Å². The molecule has 2 aliphatic rings. The van der Waals surface area contributed by atoms with Crippen LogP contribution in [0.15, 0.2) is 0 Å². The van der Waals surface area contributed by atoms with E-state index in [-0.39, 0.29) is 23.8 Å². The maximum Gasteiger partial charge on any atom is 0.309 e. The van der Waals surface area contributed by atoms with Crippen molar-refractivity contribution in [2.24, 2.45) is 23.7 Å². The van der Waals surface area contributed by atoms with Crippen LogP contribution in [0.25, 0.3) is 0 Å². The van der Waals surface area contributed by atoms with E-state index in [2.05, 4.69) is 13.8 Å². The van der Waals surface area contributed by atoms with Crippen LogP contribution in [-0.4, -0.2) is 25.2 Å². The van der Waals surface area contributed by atoms with Crippen LogP contribution in [-0.2, 0) is 19.1 Å². The molecular formula is C17H30O4. The second-order valence-corrected chi connectivity index (χ2v) is 6.06. The second kappa shape index (κ2) is 9.06. The molecule has 0 N–H and O–H groups in total. The van der Waals surface area contributed by atoms with Crippen LogP contribution in [0.2, 0.25) is 0 Å². The molecule has 0 aliphatic carbocycles. The van der Waals surface area contributed by atoms with Crippen LogP contribution >= 0.6 is 0 Å². The van der Waals surface area contributed by atoms with Crippen molar-refractivity contribution in [1.82, 2.24) is 0 Å². The van der Waals surface area contributed by atoms with E-state index in [1.807, 2.05) is 13.8 Å². The molecule has 21 heavy (non-hydrogen) atoms. The summed E-state index contributed by atoms with van der Waals surface area (Å²) in [6.45, 7) is 9.63. The van der Waals surface area contributed by atoms with E-state index < -0.39 is 0 Å². The summed E-state index contributed by atoms with van der Waals surface area (Å²) < 4.78 is 9.97. The lowest BCUT2D eigenvalue weighted by molar-refractivity contribution is -0.156. The fourth-order valence-electron chi connectivity index (χ4n) is 3.01. The van der Waals surface area contributed by atoms with E-state index in [4.69, 9.17) is 9.47 Å². The molecule has 2 heterocycles. The van der Waals surface area contributed by atoms with Gasteiger partial charge in [0, 0.05) is 5.92 Å². The van der Waals surface area contributed by atoms with Gasteiger partial charge in [-0.3, -0.25) is 9.59 Å². The number of cyclic esters (lactones) is 2. The molecule has 4 atom stereocenters. The summed E-state index contributed by atoms with van der Waals surface area (Å²) in [7, 11) is 0. The number of carbonyl (C=O) groups is 2. The van der Waals surface area contributed by atoms with Crippen molar-refractivity contribution < 1.29 is 19.1 Å². The molecule has 2 saturated heterocycles. The van der Waals surface area contributed by atoms with E-state index in [0.29, 0.717) is 25.0 Å². The molecule has 4 nitrogen and oxygen atoms in total. The molecule has 0 bridgehead atoms. The van der Waals surface area contributed by atoms with Crippen LogP contribution in [0.3, 0.4) is 0 Å². The third kappa shape index (κ3) is 5.01. The molecule has 0 aromatic carbocycles. The van der Waals surface area contributed by atoms with Crippen LogP contribution < -0.4 is 0 Å². The van der Waals surface area contributed by atoms with Gasteiger partial charge in [-0.25, -0.2) is 0 Å². The molecule has 0 radical (unpaired) electrons. The molecule has 0 amide bonds. The summed E-state index contributed by atoms with van der Waals surface area (Å²) >= 11 is 0. The van der Waals surface area contributed by atoms with E-state index in [9.17, 15) is 9.59 Å². The van der Waals surface area contributed by atoms with Gasteiger partial charge in [0.2, 0.25) is 0 Å². The smallest absolute Gasteiger partial charge is 0.309 e. The summed E-state index contributed by atoms with van der Waals surface area (Å²) in [4.78, 5) is 22.0. The van der Waals surface area contributed by atoms with Gasteiger partial charge in [0.15, 0.2) is 0 Å². The van der Waals surface area contributed by atoms with Gasteiger partial charge in [-0.2, -0.15) is 0 Å². The first-order valence-electron chi connectivity index (χ1n) is 8.40. The number of carbonyl (C=O) groups excluding carboxylic acids is 2. The SMILES string of the molecule is CCC1COC(=O)C(CC)C1.CCC1COC(=O)C1CC. The number of ether oxygens (including phenoxy) is 2. The number of hydrogen-bond acceptors (Lipinski definition) is 4. The van der Waals surface area contributed by atoms with Gasteiger partial charge in [-0.1, -0.05) is 34.1 Å². The second-order valence-electron chi connectivity index (χ2n) is 6.06. The van der Waals surface area contributed by atoms with Crippen molar-refractivity contribution in [3.8, 4) is 0 Å². The summed E-state index contributed by atoms with van der Waals surface area (Å²) in [5.41, 5.74) is 0. The van der Waals surface area contributed by atoms with E-state index >= 15 is 0 Å². The molecule has 2 aliphatic heterocycles. The highest BCUT2D eigenvalue weighted by atomic mass is 16.5. The first kappa shape index (κ1) is 18.0. The van der Waals surface area contributed by atoms with Crippen LogP contribution in [0.5, 0.6) is 0 Å². The van der Waals surface area contributed by atoms with E-state index in [0.717, 1.165) is 32.1 Å². The lowest BCUT2D eigenvalue weighted by Gasteiger charge is -2.26. The zero-order chi connectivity index (χ0) is 15.8. The van der Waals surface area contributed by atoms with Crippen molar-refractivity contribution in [1.29, 1.82) is 0 Å². The zero-order valence-electron chi connectivity index (χ0n) is 13.9. The van der Waals surface area contributed by atoms with Gasteiger partial charge in [-0.15, -0.1) is 0 Å². The molecule has 2 rings (SSSR count). The van der Waals surface area contributed by atoms with Crippen molar-refractivity contribution in [3.63, 3.8) is 0 Å². The predicted molar refractivity (Wildman–Crippen MR) is 81.7 cm³/mol. The maximum absolute atomic E-state index is 11.1. The van der Waals surface area contributed by atoms with Crippen molar-refractivity contribution in [2.45, 2.75) is 59.8 Å². The maximum atomic E-state index is 11.1. The lowest BCUT2D eigenvalue weighted by atomic mass is 9.89. The third-order valence-electron chi connectivity index (χ3n) is 4.76. The Labute approximate surface area is 128 Å². The molecule has 0 aromatic heterocycles. The quantitative estimate of drug-likeness (QED) is 0.744. The van der Waals surface area contributed by atoms with E-state index in [1.165, 1.54) is 0 Å². The molecule has 4 heteroatoms. The minimum Gasteiger partial charge on any atom is -0.465 e. The summed E-state index contributed by atoms with van der Waals surface area (Å²) in [6, 6.07) is 0. The summed E-state index contributed by atoms with van der Waals surface area (Å²) in [5.74, 6) is 1.47. The summed E-state index contributed by atoms with van der Waals surface area (Å²) in [5, 5.41) is 0. The molecule has 2 fully saturated rings. The molecule has 0 aromatic rings. The van der Waals surface area contributed by atoms with Crippen LogP contribution in [0.1, 0.15) is 59.8 Å². The third-order valence-corrected chi connectivity index (χ3v) is 4.76. The normalized spacial score (nSPS) is 32.0. The minimum absolute atomic E-state index is 0.00866. The van der Waals surface area contributed by atoms with Gasteiger partial charge in [-0.05, 0) is 31.6 Å². The number of esters is 2.